The SMILES string of the molecule is O=C1c2ccc3c4ccc5c6c(ccc(c7ccc(c2c37)C(=O)N1c1ccncc1)c64)C(O)N(c1ccncc1)C5=O. The van der Waals surface area contributed by atoms with Crippen LogP contribution in [0.1, 0.15) is 42.9 Å². The van der Waals surface area contributed by atoms with Gasteiger partial charge in [-0.25, -0.2) is 4.90 Å². The summed E-state index contributed by atoms with van der Waals surface area (Å²) in [5, 5.41) is 18.0. The smallest absolute Gasteiger partial charge is 0.265 e. The van der Waals surface area contributed by atoms with Crippen molar-refractivity contribution in [2.75, 3.05) is 9.80 Å². The van der Waals surface area contributed by atoms with Gasteiger partial charge in [-0.05, 0) is 74.8 Å². The van der Waals surface area contributed by atoms with Crippen LogP contribution in [-0.4, -0.2) is 32.8 Å². The molecule has 8 nitrogen and oxygen atoms in total. The van der Waals surface area contributed by atoms with E-state index in [-0.39, 0.29) is 17.7 Å². The fourth-order valence-electron chi connectivity index (χ4n) is 6.87. The first kappa shape index (κ1) is 23.0. The molecule has 1 atom stereocenters. The molecule has 0 spiro atoms. The molecule has 0 saturated heterocycles. The highest BCUT2D eigenvalue weighted by Crippen LogP contribution is 2.48. The fraction of sp³-hybridized carbons (Fsp3) is 0.0294. The summed E-state index contributed by atoms with van der Waals surface area (Å²) >= 11 is 0. The number of carbonyl (C=O) groups excluding carboxylic acids is 3. The Morgan fingerprint density at radius 3 is 1.50 bits per heavy atom. The quantitative estimate of drug-likeness (QED) is 0.163. The van der Waals surface area contributed by atoms with Crippen LogP contribution < -0.4 is 9.80 Å². The van der Waals surface area contributed by atoms with Crippen molar-refractivity contribution in [3.05, 3.63) is 120 Å². The number of nitrogens with zero attached hydrogens (tertiary/aromatic N) is 4. The molecule has 1 unspecified atom stereocenters. The second kappa shape index (κ2) is 7.93. The Morgan fingerprint density at radius 1 is 0.500 bits per heavy atom. The van der Waals surface area contributed by atoms with Gasteiger partial charge in [-0.3, -0.25) is 29.3 Å². The van der Waals surface area contributed by atoms with Gasteiger partial charge in [-0.15, -0.1) is 0 Å². The largest absolute Gasteiger partial charge is 0.369 e. The van der Waals surface area contributed by atoms with Crippen molar-refractivity contribution < 1.29 is 19.5 Å². The molecule has 1 N–H and O–H groups in total. The first-order chi connectivity index (χ1) is 20.5. The van der Waals surface area contributed by atoms with E-state index in [0.717, 1.165) is 32.3 Å². The highest BCUT2D eigenvalue weighted by atomic mass is 16.3. The molecule has 2 aliphatic rings. The minimum Gasteiger partial charge on any atom is -0.369 e. The van der Waals surface area contributed by atoms with Crippen LogP contribution in [0.3, 0.4) is 0 Å². The second-order valence-corrected chi connectivity index (χ2v) is 10.6. The molecule has 198 valence electrons. The van der Waals surface area contributed by atoms with Gasteiger partial charge in [0.05, 0.1) is 11.4 Å². The molecule has 42 heavy (non-hydrogen) atoms. The van der Waals surface area contributed by atoms with Crippen LogP contribution in [0.5, 0.6) is 0 Å². The molecule has 8 heteroatoms. The van der Waals surface area contributed by atoms with E-state index >= 15 is 0 Å². The number of carbonyl (C=O) groups is 3. The molecule has 0 saturated carbocycles. The molecule has 7 aromatic rings. The predicted octanol–water partition coefficient (Wildman–Crippen LogP) is 5.98. The summed E-state index contributed by atoms with van der Waals surface area (Å²) in [6, 6.07) is 21.6. The lowest BCUT2D eigenvalue weighted by atomic mass is 9.82. The normalized spacial score (nSPS) is 16.5. The molecule has 2 aromatic heterocycles. The van der Waals surface area contributed by atoms with E-state index in [0.29, 0.717) is 44.4 Å². The zero-order chi connectivity index (χ0) is 28.3. The Kier molecular flexibility index (Phi) is 4.35. The van der Waals surface area contributed by atoms with Crippen LogP contribution in [-0.2, 0) is 0 Å². The Morgan fingerprint density at radius 2 is 0.952 bits per heavy atom. The van der Waals surface area contributed by atoms with E-state index in [1.165, 1.54) is 9.80 Å². The zero-order valence-electron chi connectivity index (χ0n) is 21.8. The van der Waals surface area contributed by atoms with Gasteiger partial charge in [-0.2, -0.15) is 0 Å². The summed E-state index contributed by atoms with van der Waals surface area (Å²) in [5.41, 5.74) is 3.06. The molecule has 0 aliphatic carbocycles. The molecule has 5 aromatic carbocycles. The highest BCUT2D eigenvalue weighted by Gasteiger charge is 2.37. The third-order valence-electron chi connectivity index (χ3n) is 8.63. The number of aliphatic hydroxyl groups excluding tert-OH is 1. The lowest BCUT2D eigenvalue weighted by Gasteiger charge is -2.34. The number of rotatable bonds is 2. The van der Waals surface area contributed by atoms with Crippen LogP contribution in [0.25, 0.3) is 43.1 Å². The Balaban J connectivity index is 1.34. The van der Waals surface area contributed by atoms with Crippen LogP contribution in [0.2, 0.25) is 0 Å². The molecule has 3 amide bonds. The van der Waals surface area contributed by atoms with Crippen molar-refractivity contribution in [1.82, 2.24) is 9.97 Å². The molecule has 9 rings (SSSR count). The minimum atomic E-state index is -1.18. The van der Waals surface area contributed by atoms with Gasteiger partial charge in [-0.1, -0.05) is 30.3 Å². The number of pyridine rings is 2. The topological polar surface area (TPSA) is 104 Å². The third kappa shape index (κ3) is 2.71. The van der Waals surface area contributed by atoms with Gasteiger partial charge in [0.15, 0.2) is 6.23 Å². The van der Waals surface area contributed by atoms with Crippen molar-refractivity contribution in [2.24, 2.45) is 0 Å². The van der Waals surface area contributed by atoms with Crippen molar-refractivity contribution in [2.45, 2.75) is 6.23 Å². The summed E-state index contributed by atoms with van der Waals surface area (Å²) in [6.07, 6.45) is 5.11. The molecule has 0 radical (unpaired) electrons. The number of hydrogen-bond acceptors (Lipinski definition) is 6. The van der Waals surface area contributed by atoms with Crippen LogP contribution in [0, 0.1) is 0 Å². The number of amides is 3. The maximum Gasteiger partial charge on any atom is 0.265 e. The van der Waals surface area contributed by atoms with Crippen LogP contribution >= 0.6 is 0 Å². The molecule has 4 heterocycles. The van der Waals surface area contributed by atoms with E-state index in [4.69, 9.17) is 0 Å². The van der Waals surface area contributed by atoms with Crippen LogP contribution in [0.15, 0.2) is 97.6 Å². The summed E-state index contributed by atoms with van der Waals surface area (Å²) < 4.78 is 0. The first-order valence-corrected chi connectivity index (χ1v) is 13.4. The lowest BCUT2D eigenvalue weighted by Crippen LogP contribution is -2.40. The molecular weight excluding hydrogens is 528 g/mol. The number of benzene rings is 5. The first-order valence-electron chi connectivity index (χ1n) is 13.4. The molecular formula is C34H18N4O4. The minimum absolute atomic E-state index is 0.298. The van der Waals surface area contributed by atoms with Crippen molar-refractivity contribution in [3.8, 4) is 0 Å². The monoisotopic (exact) mass is 546 g/mol. The average molecular weight is 547 g/mol. The Bertz CT molecular complexity index is 2270. The van der Waals surface area contributed by atoms with E-state index in [2.05, 4.69) is 9.97 Å². The predicted molar refractivity (Wildman–Crippen MR) is 159 cm³/mol. The van der Waals surface area contributed by atoms with Gasteiger partial charge >= 0.3 is 0 Å². The third-order valence-corrected chi connectivity index (χ3v) is 8.63. The lowest BCUT2D eigenvalue weighted by molar-refractivity contribution is 0.0872. The number of aromatic nitrogens is 2. The van der Waals surface area contributed by atoms with Gasteiger partial charge in [0.25, 0.3) is 17.7 Å². The average Bonchev–Trinajstić information content (AvgIpc) is 3.03. The summed E-state index contributed by atoms with van der Waals surface area (Å²) in [4.78, 5) is 51.9. The highest BCUT2D eigenvalue weighted by molar-refractivity contribution is 6.43. The summed E-state index contributed by atoms with van der Waals surface area (Å²) in [7, 11) is 0. The number of fused-ring (bicyclic) bond motifs is 2. The Labute approximate surface area is 237 Å². The number of imide groups is 1. The van der Waals surface area contributed by atoms with Crippen LogP contribution in [0.4, 0.5) is 11.4 Å². The number of anilines is 2. The molecule has 0 fully saturated rings. The fourth-order valence-corrected chi connectivity index (χ4v) is 6.87. The maximum absolute atomic E-state index is 13.8. The van der Waals surface area contributed by atoms with Gasteiger partial charge in [0.1, 0.15) is 0 Å². The van der Waals surface area contributed by atoms with E-state index < -0.39 is 6.23 Å². The van der Waals surface area contributed by atoms with E-state index in [1.807, 2.05) is 30.3 Å². The van der Waals surface area contributed by atoms with Gasteiger partial charge < -0.3 is 5.11 Å². The van der Waals surface area contributed by atoms with Crippen molar-refractivity contribution in [1.29, 1.82) is 0 Å². The summed E-state index contributed by atoms with van der Waals surface area (Å²) in [5.74, 6) is -1.07. The Hall–Kier alpha value is -5.73. The van der Waals surface area contributed by atoms with Gasteiger partial charge in [0.2, 0.25) is 0 Å². The maximum atomic E-state index is 13.8. The molecule has 2 aliphatic heterocycles. The van der Waals surface area contributed by atoms with Crippen molar-refractivity contribution >= 4 is 72.2 Å². The number of aliphatic hydroxyl groups is 1. The number of hydrogen-bond donors (Lipinski definition) is 1. The van der Waals surface area contributed by atoms with E-state index in [1.54, 1.807) is 67.3 Å². The van der Waals surface area contributed by atoms with E-state index in [9.17, 15) is 19.5 Å². The zero-order valence-corrected chi connectivity index (χ0v) is 21.8. The van der Waals surface area contributed by atoms with Crippen molar-refractivity contribution in [3.63, 3.8) is 0 Å². The van der Waals surface area contributed by atoms with Gasteiger partial charge in [0, 0.05) is 57.8 Å². The standard InChI is InChI=1S/C34H18N4O4/c39-31-23-5-1-19-20-2-6-25-30-26(34(42)38(33(25)41)18-11-15-36-16-12-18)8-4-22(28(20)30)21-3-7-24(29(23)27(19)21)32(40)37(31)17-9-13-35-14-10-17/h1-16,31,39H. The summed E-state index contributed by atoms with van der Waals surface area (Å²) in [6.45, 7) is 0. The second-order valence-electron chi connectivity index (χ2n) is 10.6. The molecule has 0 bridgehead atoms.